The molecule has 19 heavy (non-hydrogen) atoms. The Labute approximate surface area is 116 Å². The largest absolute Gasteiger partial charge is 0.396 e. The predicted molar refractivity (Wildman–Crippen MR) is 74.9 cm³/mol. The van der Waals surface area contributed by atoms with Gasteiger partial charge in [-0.2, -0.15) is 4.98 Å². The lowest BCUT2D eigenvalue weighted by molar-refractivity contribution is 0.179. The molecule has 0 saturated heterocycles. The van der Waals surface area contributed by atoms with Crippen molar-refractivity contribution in [2.75, 3.05) is 13.2 Å². The van der Waals surface area contributed by atoms with Crippen molar-refractivity contribution in [2.45, 2.75) is 32.9 Å². The summed E-state index contributed by atoms with van der Waals surface area (Å²) in [6.07, 6.45) is 0.758. The van der Waals surface area contributed by atoms with Crippen LogP contribution in [0.25, 0.3) is 10.8 Å². The fraction of sp³-hybridized carbons (Fsp3) is 0.538. The molecule has 0 amide bonds. The molecule has 0 radical (unpaired) electrons. The van der Waals surface area contributed by atoms with Crippen molar-refractivity contribution >= 4 is 11.3 Å². The zero-order valence-electron chi connectivity index (χ0n) is 11.2. The molecule has 5 nitrogen and oxygen atoms in total. The van der Waals surface area contributed by atoms with Gasteiger partial charge in [-0.25, -0.2) is 0 Å². The summed E-state index contributed by atoms with van der Waals surface area (Å²) in [7, 11) is 0. The number of hydrogen-bond acceptors (Lipinski definition) is 6. The van der Waals surface area contributed by atoms with E-state index in [1.807, 2.05) is 17.5 Å². The lowest BCUT2D eigenvalue weighted by Gasteiger charge is -2.24. The quantitative estimate of drug-likeness (QED) is 0.844. The standard InChI is InChI=1S/C13H19N3O2S/c1-10(2)16(6-4-7-17)9-12-14-13(18-15-12)11-5-3-8-19-11/h3,5,8,10,17H,4,6-7,9H2,1-2H3. The Bertz CT molecular complexity index is 482. The van der Waals surface area contributed by atoms with Crippen LogP contribution in [0.4, 0.5) is 0 Å². The molecule has 2 heterocycles. The highest BCUT2D eigenvalue weighted by molar-refractivity contribution is 7.13. The highest BCUT2D eigenvalue weighted by atomic mass is 32.1. The first kappa shape index (κ1) is 14.2. The maximum absolute atomic E-state index is 8.92. The first-order valence-corrected chi connectivity index (χ1v) is 7.30. The monoisotopic (exact) mass is 281 g/mol. The summed E-state index contributed by atoms with van der Waals surface area (Å²) in [5.74, 6) is 1.27. The minimum atomic E-state index is 0.204. The van der Waals surface area contributed by atoms with E-state index >= 15 is 0 Å². The molecule has 0 atom stereocenters. The van der Waals surface area contributed by atoms with Gasteiger partial charge in [0.25, 0.3) is 5.89 Å². The fourth-order valence-corrected chi connectivity index (χ4v) is 2.44. The fourth-order valence-electron chi connectivity index (χ4n) is 1.79. The van der Waals surface area contributed by atoms with Gasteiger partial charge < -0.3 is 9.63 Å². The molecule has 2 rings (SSSR count). The molecule has 1 N–H and O–H groups in total. The third-order valence-electron chi connectivity index (χ3n) is 2.88. The summed E-state index contributed by atoms with van der Waals surface area (Å²) in [4.78, 5) is 7.62. The molecular weight excluding hydrogens is 262 g/mol. The summed E-state index contributed by atoms with van der Waals surface area (Å²) < 4.78 is 5.27. The van der Waals surface area contributed by atoms with Gasteiger partial charge in [-0.15, -0.1) is 11.3 Å². The van der Waals surface area contributed by atoms with Crippen LogP contribution in [0.1, 0.15) is 26.1 Å². The number of aromatic nitrogens is 2. The number of nitrogens with zero attached hydrogens (tertiary/aromatic N) is 3. The van der Waals surface area contributed by atoms with Gasteiger partial charge >= 0.3 is 0 Å². The molecule has 0 saturated carbocycles. The number of hydrogen-bond donors (Lipinski definition) is 1. The maximum atomic E-state index is 8.92. The Balaban J connectivity index is 2.01. The third kappa shape index (κ3) is 3.86. The number of aliphatic hydroxyl groups is 1. The highest BCUT2D eigenvalue weighted by Crippen LogP contribution is 2.22. The zero-order chi connectivity index (χ0) is 13.7. The SMILES string of the molecule is CC(C)N(CCCO)Cc1noc(-c2cccs2)n1. The van der Waals surface area contributed by atoms with E-state index in [2.05, 4.69) is 28.9 Å². The van der Waals surface area contributed by atoms with Crippen LogP contribution >= 0.6 is 11.3 Å². The second kappa shape index (κ2) is 6.79. The molecule has 2 aromatic heterocycles. The topological polar surface area (TPSA) is 62.4 Å². The normalized spacial score (nSPS) is 11.6. The Hall–Kier alpha value is -1.24. The average molecular weight is 281 g/mol. The Morgan fingerprint density at radius 2 is 2.32 bits per heavy atom. The molecule has 0 aromatic carbocycles. The molecule has 0 aliphatic carbocycles. The van der Waals surface area contributed by atoms with Gasteiger partial charge in [0.2, 0.25) is 0 Å². The van der Waals surface area contributed by atoms with Crippen molar-refractivity contribution < 1.29 is 9.63 Å². The first-order valence-electron chi connectivity index (χ1n) is 6.42. The summed E-state index contributed by atoms with van der Waals surface area (Å²) in [5.41, 5.74) is 0. The van der Waals surface area contributed by atoms with Gasteiger partial charge in [-0.05, 0) is 31.7 Å². The first-order chi connectivity index (χ1) is 9.20. The van der Waals surface area contributed by atoms with Crippen molar-refractivity contribution in [3.63, 3.8) is 0 Å². The lowest BCUT2D eigenvalue weighted by atomic mass is 10.3. The zero-order valence-corrected chi connectivity index (χ0v) is 12.1. The Morgan fingerprint density at radius 1 is 1.47 bits per heavy atom. The summed E-state index contributed by atoms with van der Waals surface area (Å²) in [6.45, 7) is 5.93. The number of thiophene rings is 1. The minimum absolute atomic E-state index is 0.204. The molecule has 2 aromatic rings. The van der Waals surface area contributed by atoms with Gasteiger partial charge in [-0.3, -0.25) is 4.90 Å². The second-order valence-electron chi connectivity index (χ2n) is 4.63. The molecular formula is C13H19N3O2S. The van der Waals surface area contributed by atoms with E-state index in [0.717, 1.165) is 17.8 Å². The van der Waals surface area contributed by atoms with Crippen LogP contribution in [0, 0.1) is 0 Å². The van der Waals surface area contributed by atoms with Gasteiger partial charge in [0.1, 0.15) is 0 Å². The summed E-state index contributed by atoms with van der Waals surface area (Å²) >= 11 is 1.59. The molecule has 6 heteroatoms. The molecule has 0 aliphatic heterocycles. The minimum Gasteiger partial charge on any atom is -0.396 e. The Kier molecular flexibility index (Phi) is 5.07. The van der Waals surface area contributed by atoms with Gasteiger partial charge in [-0.1, -0.05) is 11.2 Å². The van der Waals surface area contributed by atoms with Crippen LogP contribution in [0.15, 0.2) is 22.0 Å². The number of aliphatic hydroxyl groups excluding tert-OH is 1. The van der Waals surface area contributed by atoms with Crippen LogP contribution in [-0.4, -0.2) is 39.3 Å². The lowest BCUT2D eigenvalue weighted by Crippen LogP contribution is -2.32. The van der Waals surface area contributed by atoms with Gasteiger partial charge in [0, 0.05) is 19.2 Å². The molecule has 104 valence electrons. The molecule has 0 unspecified atom stereocenters. The van der Waals surface area contributed by atoms with Crippen LogP contribution < -0.4 is 0 Å². The van der Waals surface area contributed by atoms with Crippen molar-refractivity contribution in [2.24, 2.45) is 0 Å². The second-order valence-corrected chi connectivity index (χ2v) is 5.58. The van der Waals surface area contributed by atoms with E-state index in [1.54, 1.807) is 11.3 Å². The molecule has 0 spiro atoms. The molecule has 0 bridgehead atoms. The van der Waals surface area contributed by atoms with Crippen molar-refractivity contribution in [1.82, 2.24) is 15.0 Å². The van der Waals surface area contributed by atoms with E-state index in [-0.39, 0.29) is 6.61 Å². The van der Waals surface area contributed by atoms with Crippen molar-refractivity contribution in [3.8, 4) is 10.8 Å². The Morgan fingerprint density at radius 3 is 2.95 bits per heavy atom. The van der Waals surface area contributed by atoms with E-state index in [9.17, 15) is 0 Å². The van der Waals surface area contributed by atoms with E-state index in [1.165, 1.54) is 0 Å². The number of rotatable bonds is 7. The van der Waals surface area contributed by atoms with Crippen LogP contribution in [0.5, 0.6) is 0 Å². The summed E-state index contributed by atoms with van der Waals surface area (Å²) in [5, 5.41) is 14.9. The van der Waals surface area contributed by atoms with E-state index in [0.29, 0.717) is 24.3 Å². The van der Waals surface area contributed by atoms with Crippen LogP contribution in [0.2, 0.25) is 0 Å². The third-order valence-corrected chi connectivity index (χ3v) is 3.74. The van der Waals surface area contributed by atoms with Crippen LogP contribution in [-0.2, 0) is 6.54 Å². The molecule has 0 fully saturated rings. The van der Waals surface area contributed by atoms with Crippen LogP contribution in [0.3, 0.4) is 0 Å². The van der Waals surface area contributed by atoms with E-state index < -0.39 is 0 Å². The predicted octanol–water partition coefficient (Wildman–Crippen LogP) is 2.39. The van der Waals surface area contributed by atoms with E-state index in [4.69, 9.17) is 9.63 Å². The van der Waals surface area contributed by atoms with Crippen molar-refractivity contribution in [1.29, 1.82) is 0 Å². The average Bonchev–Trinajstić information content (AvgIpc) is 3.04. The smallest absolute Gasteiger partial charge is 0.268 e. The maximum Gasteiger partial charge on any atom is 0.268 e. The van der Waals surface area contributed by atoms with Gasteiger partial charge in [0.05, 0.1) is 11.4 Å². The molecule has 0 aliphatic rings. The summed E-state index contributed by atoms with van der Waals surface area (Å²) in [6, 6.07) is 4.31. The van der Waals surface area contributed by atoms with Gasteiger partial charge in [0.15, 0.2) is 5.82 Å². The van der Waals surface area contributed by atoms with Crippen molar-refractivity contribution in [3.05, 3.63) is 23.3 Å². The highest BCUT2D eigenvalue weighted by Gasteiger charge is 2.15.